The standard InChI is InChI=1S/C40H36N2O7/c1-26-13-17-30(18-14-26)39(45)47-25-34-33(49-40(46)31-19-15-27(2)16-20-31)24-36(48-34)42-22-21-32(23-35(42)43)41-38(44)37(28-9-5-3-6-10-28)29-11-7-4-8-12-29/h3-23,33-34,36-37H,24-25H2,1-2H3,(H,41,44)/t33-,34+,36-/m0/s1. The van der Waals surface area contributed by atoms with Crippen LogP contribution in [-0.4, -0.2) is 41.2 Å². The predicted molar refractivity (Wildman–Crippen MR) is 184 cm³/mol. The Morgan fingerprint density at radius 3 is 1.88 bits per heavy atom. The number of anilines is 1. The first-order valence-corrected chi connectivity index (χ1v) is 16.0. The number of carbonyl (C=O) groups is 3. The molecule has 3 atom stereocenters. The maximum Gasteiger partial charge on any atom is 0.338 e. The van der Waals surface area contributed by atoms with Crippen LogP contribution in [0, 0.1) is 13.8 Å². The molecule has 5 aromatic rings. The number of ether oxygens (including phenoxy) is 3. The van der Waals surface area contributed by atoms with Gasteiger partial charge in [-0.05, 0) is 55.3 Å². The minimum Gasteiger partial charge on any atom is -0.459 e. The van der Waals surface area contributed by atoms with Crippen molar-refractivity contribution in [2.75, 3.05) is 11.9 Å². The van der Waals surface area contributed by atoms with Gasteiger partial charge >= 0.3 is 11.9 Å². The summed E-state index contributed by atoms with van der Waals surface area (Å²) in [4.78, 5) is 52.9. The smallest absolute Gasteiger partial charge is 0.338 e. The van der Waals surface area contributed by atoms with Crippen LogP contribution in [0.2, 0.25) is 0 Å². The third-order valence-corrected chi connectivity index (χ3v) is 8.45. The van der Waals surface area contributed by atoms with E-state index in [0.717, 1.165) is 22.3 Å². The van der Waals surface area contributed by atoms with E-state index in [4.69, 9.17) is 14.2 Å². The first-order chi connectivity index (χ1) is 23.7. The van der Waals surface area contributed by atoms with E-state index in [9.17, 15) is 19.2 Å². The summed E-state index contributed by atoms with van der Waals surface area (Å²) in [5.41, 5.74) is 4.28. The molecule has 0 aliphatic carbocycles. The lowest BCUT2D eigenvalue weighted by Gasteiger charge is -2.19. The summed E-state index contributed by atoms with van der Waals surface area (Å²) in [7, 11) is 0. The fourth-order valence-corrected chi connectivity index (χ4v) is 5.78. The third kappa shape index (κ3) is 8.02. The number of nitrogens with zero attached hydrogens (tertiary/aromatic N) is 1. The summed E-state index contributed by atoms with van der Waals surface area (Å²) in [5.74, 6) is -1.97. The fraction of sp³-hybridized carbons (Fsp3) is 0.200. The molecule has 0 spiro atoms. The van der Waals surface area contributed by atoms with Crippen LogP contribution in [0.1, 0.15) is 61.5 Å². The fourth-order valence-electron chi connectivity index (χ4n) is 5.78. The topological polar surface area (TPSA) is 113 Å². The number of aryl methyl sites for hydroxylation is 2. The second-order valence-electron chi connectivity index (χ2n) is 12.0. The molecule has 248 valence electrons. The Balaban J connectivity index is 1.19. The molecule has 4 aromatic carbocycles. The largest absolute Gasteiger partial charge is 0.459 e. The number of nitrogens with one attached hydrogen (secondary N) is 1. The number of amides is 1. The third-order valence-electron chi connectivity index (χ3n) is 8.45. The Labute approximate surface area is 284 Å². The molecule has 9 heteroatoms. The minimum absolute atomic E-state index is 0.139. The Hall–Kier alpha value is -5.80. The summed E-state index contributed by atoms with van der Waals surface area (Å²) in [6, 6.07) is 35.8. The number of aromatic nitrogens is 1. The van der Waals surface area contributed by atoms with Gasteiger partial charge < -0.3 is 19.5 Å². The van der Waals surface area contributed by atoms with Crippen molar-refractivity contribution in [1.29, 1.82) is 0 Å². The summed E-state index contributed by atoms with van der Waals surface area (Å²) < 4.78 is 19.0. The molecule has 1 amide bonds. The van der Waals surface area contributed by atoms with Gasteiger partial charge in [-0.1, -0.05) is 96.1 Å². The van der Waals surface area contributed by atoms with Crippen molar-refractivity contribution in [3.63, 3.8) is 0 Å². The lowest BCUT2D eigenvalue weighted by atomic mass is 9.90. The molecule has 1 aromatic heterocycles. The molecule has 0 saturated carbocycles. The van der Waals surface area contributed by atoms with Crippen molar-refractivity contribution in [3.05, 3.63) is 171 Å². The van der Waals surface area contributed by atoms with Gasteiger partial charge in [-0.3, -0.25) is 14.2 Å². The Kier molecular flexibility index (Phi) is 10.1. The molecule has 2 heterocycles. The summed E-state index contributed by atoms with van der Waals surface area (Å²) >= 11 is 0. The molecule has 9 nitrogen and oxygen atoms in total. The van der Waals surface area contributed by atoms with Gasteiger partial charge in [0.25, 0.3) is 5.56 Å². The second-order valence-corrected chi connectivity index (χ2v) is 12.0. The van der Waals surface area contributed by atoms with E-state index < -0.39 is 41.9 Å². The summed E-state index contributed by atoms with van der Waals surface area (Å²) in [6.07, 6.45) is -0.800. The molecular weight excluding hydrogens is 620 g/mol. The Morgan fingerprint density at radius 2 is 1.33 bits per heavy atom. The highest BCUT2D eigenvalue weighted by Crippen LogP contribution is 2.32. The average molecular weight is 657 g/mol. The van der Waals surface area contributed by atoms with Gasteiger partial charge in [0, 0.05) is 24.4 Å². The van der Waals surface area contributed by atoms with Crippen molar-refractivity contribution in [2.45, 2.75) is 44.6 Å². The van der Waals surface area contributed by atoms with E-state index in [0.29, 0.717) is 16.8 Å². The van der Waals surface area contributed by atoms with Crippen LogP contribution in [0.15, 0.2) is 132 Å². The van der Waals surface area contributed by atoms with E-state index in [-0.39, 0.29) is 18.9 Å². The number of benzene rings is 4. The average Bonchev–Trinajstić information content (AvgIpc) is 3.50. The van der Waals surface area contributed by atoms with Gasteiger partial charge in [0.15, 0.2) is 0 Å². The number of rotatable bonds is 10. The lowest BCUT2D eigenvalue weighted by molar-refractivity contribution is -0.116. The molecular formula is C40H36N2O7. The lowest BCUT2D eigenvalue weighted by Crippen LogP contribution is -2.32. The number of hydrogen-bond acceptors (Lipinski definition) is 7. The summed E-state index contributed by atoms with van der Waals surface area (Å²) in [5, 5.41) is 2.90. The van der Waals surface area contributed by atoms with Crippen LogP contribution in [0.5, 0.6) is 0 Å². The van der Waals surface area contributed by atoms with E-state index in [1.165, 1.54) is 16.8 Å². The normalized spacial score (nSPS) is 17.0. The zero-order chi connectivity index (χ0) is 34.3. The van der Waals surface area contributed by atoms with E-state index in [1.54, 1.807) is 30.3 Å². The van der Waals surface area contributed by atoms with Crippen molar-refractivity contribution in [1.82, 2.24) is 4.57 Å². The van der Waals surface area contributed by atoms with E-state index >= 15 is 0 Å². The van der Waals surface area contributed by atoms with Crippen LogP contribution in [0.4, 0.5) is 5.69 Å². The zero-order valence-corrected chi connectivity index (χ0v) is 27.2. The molecule has 1 fully saturated rings. The number of esters is 2. The van der Waals surface area contributed by atoms with Crippen LogP contribution in [0.3, 0.4) is 0 Å². The van der Waals surface area contributed by atoms with Gasteiger partial charge in [0.05, 0.1) is 17.0 Å². The van der Waals surface area contributed by atoms with Crippen LogP contribution in [0.25, 0.3) is 0 Å². The van der Waals surface area contributed by atoms with Crippen molar-refractivity contribution >= 4 is 23.5 Å². The highest BCUT2D eigenvalue weighted by Gasteiger charge is 2.40. The Bertz CT molecular complexity index is 1930. The van der Waals surface area contributed by atoms with Gasteiger partial charge in [0.1, 0.15) is 25.0 Å². The first-order valence-electron chi connectivity index (χ1n) is 16.0. The van der Waals surface area contributed by atoms with E-state index in [2.05, 4.69) is 5.32 Å². The van der Waals surface area contributed by atoms with Crippen LogP contribution < -0.4 is 10.9 Å². The molecule has 1 N–H and O–H groups in total. The maximum absolute atomic E-state index is 13.6. The molecule has 1 aliphatic rings. The molecule has 1 aliphatic heterocycles. The minimum atomic E-state index is -0.836. The first kappa shape index (κ1) is 33.1. The maximum atomic E-state index is 13.6. The van der Waals surface area contributed by atoms with Crippen LogP contribution >= 0.6 is 0 Å². The molecule has 0 bridgehead atoms. The molecule has 49 heavy (non-hydrogen) atoms. The van der Waals surface area contributed by atoms with Gasteiger partial charge in [-0.15, -0.1) is 0 Å². The molecule has 0 unspecified atom stereocenters. The van der Waals surface area contributed by atoms with Crippen molar-refractivity contribution < 1.29 is 28.6 Å². The van der Waals surface area contributed by atoms with Gasteiger partial charge in [0.2, 0.25) is 5.91 Å². The Morgan fingerprint density at radius 1 is 0.776 bits per heavy atom. The highest BCUT2D eigenvalue weighted by atomic mass is 16.6. The molecule has 6 rings (SSSR count). The quantitative estimate of drug-likeness (QED) is 0.169. The molecule has 0 radical (unpaired) electrons. The van der Waals surface area contributed by atoms with Crippen molar-refractivity contribution in [2.24, 2.45) is 0 Å². The SMILES string of the molecule is Cc1ccc(C(=O)OC[C@H]2O[C@H](n3ccc(NC(=O)C(c4ccccc4)c4ccccc4)cc3=O)C[C@@H]2OC(=O)c2ccc(C)cc2)cc1. The van der Waals surface area contributed by atoms with Gasteiger partial charge in [-0.25, -0.2) is 9.59 Å². The van der Waals surface area contributed by atoms with Crippen LogP contribution in [-0.2, 0) is 19.0 Å². The monoisotopic (exact) mass is 656 g/mol. The number of carbonyl (C=O) groups excluding carboxylic acids is 3. The highest BCUT2D eigenvalue weighted by molar-refractivity contribution is 5.98. The van der Waals surface area contributed by atoms with E-state index in [1.807, 2.05) is 98.8 Å². The van der Waals surface area contributed by atoms with Gasteiger partial charge in [-0.2, -0.15) is 0 Å². The zero-order valence-electron chi connectivity index (χ0n) is 27.2. The predicted octanol–water partition coefficient (Wildman–Crippen LogP) is 6.61. The second kappa shape index (κ2) is 15.0. The number of hydrogen-bond donors (Lipinski definition) is 1. The number of pyridine rings is 1. The molecule has 1 saturated heterocycles. The van der Waals surface area contributed by atoms with Crippen molar-refractivity contribution in [3.8, 4) is 0 Å². The summed E-state index contributed by atoms with van der Waals surface area (Å²) in [6.45, 7) is 3.64.